The van der Waals surface area contributed by atoms with Gasteiger partial charge in [0.15, 0.2) is 0 Å². The van der Waals surface area contributed by atoms with Gasteiger partial charge in [-0.25, -0.2) is 9.59 Å². The van der Waals surface area contributed by atoms with Gasteiger partial charge in [0.05, 0.1) is 11.7 Å². The highest BCUT2D eigenvalue weighted by molar-refractivity contribution is 5.43. The summed E-state index contributed by atoms with van der Waals surface area (Å²) in [6.45, 7) is 1.85. The molecule has 6 nitrogen and oxygen atoms in total. The standard InChI is InChI=1S/C12H16N4O2/c1-11(13-6-17)4-5-12(11,14-7-18)10-15-8-2-3-9(8)16-10/h8-10,15-16H,2-5H2,1H3. The maximum absolute atomic E-state index is 10.8. The Hall–Kier alpha value is -1.32. The first kappa shape index (κ1) is 11.8. The van der Waals surface area contributed by atoms with Crippen molar-refractivity contribution in [3.05, 3.63) is 0 Å². The average Bonchev–Trinajstić information content (AvgIpc) is 2.61. The van der Waals surface area contributed by atoms with Crippen molar-refractivity contribution in [3.63, 3.8) is 0 Å². The van der Waals surface area contributed by atoms with Crippen LogP contribution in [0.15, 0.2) is 9.98 Å². The van der Waals surface area contributed by atoms with E-state index in [1.165, 1.54) is 0 Å². The second kappa shape index (κ2) is 3.84. The summed E-state index contributed by atoms with van der Waals surface area (Å²) in [5.74, 6) is 0. The lowest BCUT2D eigenvalue weighted by Gasteiger charge is -2.53. The highest BCUT2D eigenvalue weighted by atomic mass is 16.1. The van der Waals surface area contributed by atoms with Gasteiger partial charge in [-0.2, -0.15) is 9.98 Å². The van der Waals surface area contributed by atoms with Crippen LogP contribution in [0.4, 0.5) is 0 Å². The highest BCUT2D eigenvalue weighted by Crippen LogP contribution is 2.51. The van der Waals surface area contributed by atoms with E-state index in [0.29, 0.717) is 12.1 Å². The number of aliphatic imine (C=N–C) groups is 2. The van der Waals surface area contributed by atoms with Gasteiger partial charge in [-0.05, 0) is 32.6 Å². The molecular weight excluding hydrogens is 232 g/mol. The summed E-state index contributed by atoms with van der Waals surface area (Å²) in [6, 6.07) is 0.914. The van der Waals surface area contributed by atoms with Gasteiger partial charge in [-0.3, -0.25) is 10.6 Å². The van der Waals surface area contributed by atoms with E-state index in [9.17, 15) is 9.59 Å². The molecule has 1 saturated heterocycles. The van der Waals surface area contributed by atoms with Crippen molar-refractivity contribution in [1.82, 2.24) is 10.6 Å². The van der Waals surface area contributed by atoms with E-state index in [4.69, 9.17) is 0 Å². The topological polar surface area (TPSA) is 82.9 Å². The maximum atomic E-state index is 10.8. The number of hydrogen-bond donors (Lipinski definition) is 2. The molecule has 1 aliphatic heterocycles. The molecule has 2 saturated carbocycles. The molecule has 6 heteroatoms. The normalized spacial score (nSPS) is 49.1. The highest BCUT2D eigenvalue weighted by Gasteiger charge is 2.64. The molecule has 18 heavy (non-hydrogen) atoms. The van der Waals surface area contributed by atoms with Crippen LogP contribution in [0, 0.1) is 0 Å². The van der Waals surface area contributed by atoms with E-state index in [0.717, 1.165) is 25.7 Å². The molecule has 1 heterocycles. The van der Waals surface area contributed by atoms with Crippen LogP contribution in [-0.2, 0) is 9.59 Å². The predicted molar refractivity (Wildman–Crippen MR) is 63.5 cm³/mol. The summed E-state index contributed by atoms with van der Waals surface area (Å²) in [7, 11) is 0. The quantitative estimate of drug-likeness (QED) is 0.544. The molecule has 2 N–H and O–H groups in total. The predicted octanol–water partition coefficient (Wildman–Crippen LogP) is -0.000800. The molecule has 0 aromatic rings. The van der Waals surface area contributed by atoms with Gasteiger partial charge in [0, 0.05) is 12.1 Å². The summed E-state index contributed by atoms with van der Waals surface area (Å²) < 4.78 is 0. The second-order valence-corrected chi connectivity index (χ2v) is 5.66. The summed E-state index contributed by atoms with van der Waals surface area (Å²) in [6.07, 6.45) is 6.92. The van der Waals surface area contributed by atoms with Crippen molar-refractivity contribution in [2.75, 3.05) is 0 Å². The first-order valence-corrected chi connectivity index (χ1v) is 6.35. The molecule has 0 amide bonds. The molecule has 0 spiro atoms. The smallest absolute Gasteiger partial charge is 0.235 e. The summed E-state index contributed by atoms with van der Waals surface area (Å²) in [5.41, 5.74) is -1.34. The number of carbonyl (C=O) groups excluding carboxylic acids is 2. The molecule has 0 aromatic carbocycles. The zero-order chi connectivity index (χ0) is 12.8. The van der Waals surface area contributed by atoms with E-state index >= 15 is 0 Å². The molecule has 0 radical (unpaired) electrons. The summed E-state index contributed by atoms with van der Waals surface area (Å²) in [5, 5.41) is 6.92. The Kier molecular flexibility index (Phi) is 2.50. The number of isocyanates is 2. The summed E-state index contributed by atoms with van der Waals surface area (Å²) >= 11 is 0. The van der Waals surface area contributed by atoms with Gasteiger partial charge in [0.2, 0.25) is 12.2 Å². The largest absolute Gasteiger partial charge is 0.295 e. The Morgan fingerprint density at radius 1 is 1.06 bits per heavy atom. The Bertz CT molecular complexity index is 457. The number of nitrogens with one attached hydrogen (secondary N) is 2. The fraction of sp³-hybridized carbons (Fsp3) is 0.833. The Morgan fingerprint density at radius 2 is 1.67 bits per heavy atom. The van der Waals surface area contributed by atoms with Crippen LogP contribution in [0.1, 0.15) is 32.6 Å². The van der Waals surface area contributed by atoms with Crippen LogP contribution in [0.2, 0.25) is 0 Å². The lowest BCUT2D eigenvalue weighted by atomic mass is 9.60. The second-order valence-electron chi connectivity index (χ2n) is 5.66. The van der Waals surface area contributed by atoms with Crippen molar-refractivity contribution in [2.24, 2.45) is 9.98 Å². The van der Waals surface area contributed by atoms with Crippen LogP contribution < -0.4 is 10.6 Å². The van der Waals surface area contributed by atoms with Crippen LogP contribution in [-0.4, -0.2) is 41.5 Å². The van der Waals surface area contributed by atoms with Crippen molar-refractivity contribution in [1.29, 1.82) is 0 Å². The minimum absolute atomic E-state index is 0.104. The fourth-order valence-corrected chi connectivity index (χ4v) is 3.42. The minimum Gasteiger partial charge on any atom is -0.295 e. The molecule has 3 fully saturated rings. The molecule has 3 aliphatic rings. The minimum atomic E-state index is -0.691. The van der Waals surface area contributed by atoms with Crippen molar-refractivity contribution >= 4 is 12.2 Å². The molecule has 3 rings (SSSR count). The van der Waals surface area contributed by atoms with E-state index in [1.807, 2.05) is 6.92 Å². The van der Waals surface area contributed by atoms with E-state index in [2.05, 4.69) is 20.6 Å². The van der Waals surface area contributed by atoms with Crippen LogP contribution in [0.3, 0.4) is 0 Å². The lowest BCUT2D eigenvalue weighted by Crippen LogP contribution is -2.70. The van der Waals surface area contributed by atoms with Crippen LogP contribution in [0.25, 0.3) is 0 Å². The van der Waals surface area contributed by atoms with Crippen molar-refractivity contribution in [2.45, 2.75) is 61.9 Å². The third-order valence-corrected chi connectivity index (χ3v) is 4.98. The fourth-order valence-electron chi connectivity index (χ4n) is 3.42. The van der Waals surface area contributed by atoms with Crippen molar-refractivity contribution < 1.29 is 9.59 Å². The third kappa shape index (κ3) is 1.32. The van der Waals surface area contributed by atoms with Crippen LogP contribution in [0.5, 0.6) is 0 Å². The first-order valence-electron chi connectivity index (χ1n) is 6.35. The number of fused-ring (bicyclic) bond motifs is 1. The van der Waals surface area contributed by atoms with Crippen molar-refractivity contribution in [3.8, 4) is 0 Å². The number of rotatable bonds is 3. The Balaban J connectivity index is 1.92. The SMILES string of the molecule is CC1(N=C=O)CCC1(N=C=O)C1NC2CCC2N1. The maximum Gasteiger partial charge on any atom is 0.235 e. The molecule has 0 bridgehead atoms. The summed E-state index contributed by atoms with van der Waals surface area (Å²) in [4.78, 5) is 29.2. The van der Waals surface area contributed by atoms with Crippen LogP contribution >= 0.6 is 0 Å². The Morgan fingerprint density at radius 3 is 2.06 bits per heavy atom. The van der Waals surface area contributed by atoms with E-state index in [1.54, 1.807) is 12.2 Å². The average molecular weight is 248 g/mol. The molecular formula is C12H16N4O2. The third-order valence-electron chi connectivity index (χ3n) is 4.98. The van der Waals surface area contributed by atoms with Gasteiger partial charge in [-0.15, -0.1) is 0 Å². The number of nitrogens with zero attached hydrogens (tertiary/aromatic N) is 2. The molecule has 4 unspecified atom stereocenters. The molecule has 2 aliphatic carbocycles. The zero-order valence-electron chi connectivity index (χ0n) is 10.3. The van der Waals surface area contributed by atoms with Gasteiger partial charge in [0.1, 0.15) is 5.54 Å². The number of hydrogen-bond acceptors (Lipinski definition) is 6. The van der Waals surface area contributed by atoms with Gasteiger partial charge in [-0.1, -0.05) is 0 Å². The zero-order valence-corrected chi connectivity index (χ0v) is 10.3. The van der Waals surface area contributed by atoms with Gasteiger partial charge >= 0.3 is 0 Å². The van der Waals surface area contributed by atoms with E-state index < -0.39 is 11.1 Å². The van der Waals surface area contributed by atoms with Gasteiger partial charge < -0.3 is 0 Å². The van der Waals surface area contributed by atoms with Gasteiger partial charge in [0.25, 0.3) is 0 Å². The molecule has 0 aromatic heterocycles. The first-order chi connectivity index (χ1) is 8.65. The molecule has 96 valence electrons. The van der Waals surface area contributed by atoms with E-state index in [-0.39, 0.29) is 6.17 Å². The molecule has 4 atom stereocenters. The monoisotopic (exact) mass is 248 g/mol. The lowest BCUT2D eigenvalue weighted by molar-refractivity contribution is 0.0637. The Labute approximate surface area is 105 Å².